The summed E-state index contributed by atoms with van der Waals surface area (Å²) in [6.45, 7) is -0.182. The minimum atomic E-state index is -0.399. The topological polar surface area (TPSA) is 84.8 Å². The van der Waals surface area contributed by atoms with Gasteiger partial charge in [0.25, 0.3) is 5.91 Å². The monoisotopic (exact) mass is 467 g/mol. The first-order valence-electron chi connectivity index (χ1n) is 9.12. The van der Waals surface area contributed by atoms with Crippen molar-refractivity contribution in [2.45, 2.75) is 6.61 Å². The normalized spacial score (nSPS) is 10.8. The quantitative estimate of drug-likeness (QED) is 0.378. The van der Waals surface area contributed by atoms with E-state index in [4.69, 9.17) is 13.6 Å². The van der Waals surface area contributed by atoms with Gasteiger partial charge in [-0.05, 0) is 54.6 Å². The van der Waals surface area contributed by atoms with Gasteiger partial charge in [0, 0.05) is 15.6 Å². The van der Waals surface area contributed by atoms with Crippen LogP contribution in [0.4, 0.5) is 5.69 Å². The number of carbonyl (C=O) groups excluding carboxylic acids is 1. The van der Waals surface area contributed by atoms with Gasteiger partial charge in [-0.3, -0.25) is 4.79 Å². The van der Waals surface area contributed by atoms with Crippen molar-refractivity contribution in [2.24, 2.45) is 0 Å². The Balaban J connectivity index is 1.58. The van der Waals surface area contributed by atoms with E-state index in [1.165, 1.54) is 7.11 Å². The number of nitrogens with one attached hydrogen (secondary N) is 1. The number of anilines is 1. The van der Waals surface area contributed by atoms with E-state index in [-0.39, 0.29) is 12.4 Å². The third-order valence-corrected chi connectivity index (χ3v) is 5.04. The second kappa shape index (κ2) is 8.61. The molecule has 4 aromatic rings. The van der Waals surface area contributed by atoms with E-state index in [9.17, 15) is 9.90 Å². The molecule has 0 atom stereocenters. The van der Waals surface area contributed by atoms with Gasteiger partial charge >= 0.3 is 0 Å². The fourth-order valence-corrected chi connectivity index (χ4v) is 3.25. The minimum absolute atomic E-state index is 0.181. The molecule has 0 saturated carbocycles. The highest BCUT2D eigenvalue weighted by atomic mass is 79.9. The highest BCUT2D eigenvalue weighted by molar-refractivity contribution is 9.10. The molecule has 2 aromatic carbocycles. The van der Waals surface area contributed by atoms with Crippen molar-refractivity contribution >= 4 is 27.5 Å². The van der Waals surface area contributed by atoms with Gasteiger partial charge in [0.2, 0.25) is 0 Å². The van der Waals surface area contributed by atoms with Crippen molar-refractivity contribution in [3.8, 4) is 28.4 Å². The molecule has 0 fully saturated rings. The van der Waals surface area contributed by atoms with Gasteiger partial charge in [-0.2, -0.15) is 0 Å². The summed E-state index contributed by atoms with van der Waals surface area (Å²) >= 11 is 3.40. The molecule has 2 N–H and O–H groups in total. The van der Waals surface area contributed by atoms with Gasteiger partial charge in [0.1, 0.15) is 29.6 Å². The number of hydrogen-bond donors (Lipinski definition) is 2. The number of aliphatic hydroxyl groups is 1. The van der Waals surface area contributed by atoms with Crippen LogP contribution in [0.1, 0.15) is 16.3 Å². The van der Waals surface area contributed by atoms with Crippen LogP contribution in [-0.4, -0.2) is 18.1 Å². The first kappa shape index (κ1) is 20.0. The van der Waals surface area contributed by atoms with Crippen LogP contribution in [0, 0.1) is 0 Å². The number of hydrogen-bond acceptors (Lipinski definition) is 5. The smallest absolute Gasteiger partial charge is 0.291 e. The number of amides is 1. The van der Waals surface area contributed by atoms with E-state index in [2.05, 4.69) is 21.2 Å². The van der Waals surface area contributed by atoms with Gasteiger partial charge in [0.15, 0.2) is 5.76 Å². The number of aliphatic hydroxyl groups excluding tert-OH is 1. The highest BCUT2D eigenvalue weighted by Crippen LogP contribution is 2.32. The lowest BCUT2D eigenvalue weighted by atomic mass is 10.1. The van der Waals surface area contributed by atoms with Crippen molar-refractivity contribution in [3.63, 3.8) is 0 Å². The maximum Gasteiger partial charge on any atom is 0.291 e. The summed E-state index contributed by atoms with van der Waals surface area (Å²) in [6.07, 6.45) is 0. The van der Waals surface area contributed by atoms with E-state index in [1.54, 1.807) is 36.4 Å². The fourth-order valence-electron chi connectivity index (χ4n) is 2.99. The molecule has 0 aliphatic heterocycles. The van der Waals surface area contributed by atoms with Crippen LogP contribution in [0.3, 0.4) is 0 Å². The summed E-state index contributed by atoms with van der Waals surface area (Å²) in [7, 11) is 1.53. The van der Waals surface area contributed by atoms with E-state index >= 15 is 0 Å². The average Bonchev–Trinajstić information content (AvgIpc) is 3.44. The SMILES string of the molecule is COc1ccc(-c2ccc(CO)o2)cc1NC(=O)c1ccc(-c2ccc(Br)cc2)o1. The first-order chi connectivity index (χ1) is 14.6. The lowest BCUT2D eigenvalue weighted by Crippen LogP contribution is -2.11. The first-order valence-corrected chi connectivity index (χ1v) is 9.92. The molecule has 0 spiro atoms. The molecule has 6 nitrogen and oxygen atoms in total. The highest BCUT2D eigenvalue weighted by Gasteiger charge is 2.16. The molecule has 2 heterocycles. The molecule has 0 aliphatic carbocycles. The number of rotatable bonds is 6. The van der Waals surface area contributed by atoms with Crippen LogP contribution in [-0.2, 0) is 6.61 Å². The van der Waals surface area contributed by atoms with Crippen LogP contribution >= 0.6 is 15.9 Å². The Morgan fingerprint density at radius 1 is 0.967 bits per heavy atom. The Morgan fingerprint density at radius 3 is 2.37 bits per heavy atom. The van der Waals surface area contributed by atoms with Crippen LogP contribution in [0.2, 0.25) is 0 Å². The third kappa shape index (κ3) is 4.17. The van der Waals surface area contributed by atoms with Crippen LogP contribution in [0.15, 0.2) is 80.0 Å². The van der Waals surface area contributed by atoms with E-state index < -0.39 is 5.91 Å². The van der Waals surface area contributed by atoms with E-state index in [1.807, 2.05) is 30.3 Å². The Hall–Kier alpha value is -3.29. The van der Waals surface area contributed by atoms with Crippen molar-refractivity contribution in [2.75, 3.05) is 12.4 Å². The lowest BCUT2D eigenvalue weighted by Gasteiger charge is -2.11. The molecule has 2 aromatic heterocycles. The Labute approximate surface area is 181 Å². The van der Waals surface area contributed by atoms with Crippen LogP contribution in [0.5, 0.6) is 5.75 Å². The van der Waals surface area contributed by atoms with Crippen molar-refractivity contribution in [1.29, 1.82) is 0 Å². The standard InChI is InChI=1S/C23H18BrNO5/c1-28-21-8-4-15(20-9-7-17(13-26)29-20)12-18(21)25-23(27)22-11-10-19(30-22)14-2-5-16(24)6-3-14/h2-12,26H,13H2,1H3,(H,25,27). The van der Waals surface area contributed by atoms with Crippen LogP contribution in [0.25, 0.3) is 22.6 Å². The molecule has 0 aliphatic rings. The van der Waals surface area contributed by atoms with Gasteiger partial charge in [-0.1, -0.05) is 28.1 Å². The predicted octanol–water partition coefficient (Wildman–Crippen LogP) is 5.72. The van der Waals surface area contributed by atoms with Crippen molar-refractivity contribution < 1.29 is 23.5 Å². The summed E-state index contributed by atoms with van der Waals surface area (Å²) in [5, 5.41) is 12.0. The maximum absolute atomic E-state index is 12.8. The molecular weight excluding hydrogens is 450 g/mol. The third-order valence-electron chi connectivity index (χ3n) is 4.51. The number of methoxy groups -OCH3 is 1. The molecule has 0 saturated heterocycles. The molecule has 0 unspecified atom stereocenters. The zero-order valence-corrected chi connectivity index (χ0v) is 17.6. The van der Waals surface area contributed by atoms with Gasteiger partial charge in [0.05, 0.1) is 12.8 Å². The molecular formula is C23H18BrNO5. The molecule has 4 rings (SSSR count). The van der Waals surface area contributed by atoms with E-state index in [0.29, 0.717) is 28.7 Å². The maximum atomic E-state index is 12.8. The predicted molar refractivity (Wildman–Crippen MR) is 116 cm³/mol. The summed E-state index contributed by atoms with van der Waals surface area (Å²) < 4.78 is 17.6. The zero-order valence-electron chi connectivity index (χ0n) is 16.0. The Kier molecular flexibility index (Phi) is 5.74. The molecule has 0 bridgehead atoms. The minimum Gasteiger partial charge on any atom is -0.495 e. The van der Waals surface area contributed by atoms with Crippen LogP contribution < -0.4 is 10.1 Å². The van der Waals surface area contributed by atoms with E-state index in [0.717, 1.165) is 15.6 Å². The molecule has 30 heavy (non-hydrogen) atoms. The lowest BCUT2D eigenvalue weighted by molar-refractivity contribution is 0.0997. The number of furan rings is 2. The summed E-state index contributed by atoms with van der Waals surface area (Å²) in [4.78, 5) is 12.8. The average molecular weight is 468 g/mol. The Morgan fingerprint density at radius 2 is 1.67 bits per heavy atom. The molecule has 7 heteroatoms. The summed E-state index contributed by atoms with van der Waals surface area (Å²) in [6, 6.07) is 19.8. The molecule has 1 amide bonds. The summed E-state index contributed by atoms with van der Waals surface area (Å²) in [5.41, 5.74) is 2.08. The number of ether oxygens (including phenoxy) is 1. The van der Waals surface area contributed by atoms with Crippen molar-refractivity contribution in [3.05, 3.63) is 82.7 Å². The summed E-state index contributed by atoms with van der Waals surface area (Å²) in [5.74, 6) is 1.92. The fraction of sp³-hybridized carbons (Fsp3) is 0.0870. The Bertz CT molecular complexity index is 1180. The molecule has 152 valence electrons. The van der Waals surface area contributed by atoms with Gasteiger partial charge in [-0.15, -0.1) is 0 Å². The van der Waals surface area contributed by atoms with Gasteiger partial charge < -0.3 is 24.0 Å². The number of halogens is 1. The zero-order chi connectivity index (χ0) is 21.1. The molecule has 0 radical (unpaired) electrons. The largest absolute Gasteiger partial charge is 0.495 e. The van der Waals surface area contributed by atoms with Crippen molar-refractivity contribution in [1.82, 2.24) is 0 Å². The second-order valence-electron chi connectivity index (χ2n) is 6.46. The van der Waals surface area contributed by atoms with Gasteiger partial charge in [-0.25, -0.2) is 0 Å². The second-order valence-corrected chi connectivity index (χ2v) is 7.38. The number of carbonyl (C=O) groups is 1. The number of benzene rings is 2.